The van der Waals surface area contributed by atoms with Crippen LogP contribution >= 0.6 is 0 Å². The van der Waals surface area contributed by atoms with Gasteiger partial charge in [0, 0.05) is 39.5 Å². The molecule has 0 saturated carbocycles. The maximum Gasteiger partial charge on any atom is 0.415 e. The zero-order valence-corrected chi connectivity index (χ0v) is 17.6. The highest BCUT2D eigenvalue weighted by molar-refractivity contribution is 5.94. The summed E-state index contributed by atoms with van der Waals surface area (Å²) in [6.07, 6.45) is 2.24. The van der Waals surface area contributed by atoms with Crippen LogP contribution in [0.5, 0.6) is 5.75 Å². The number of piperazine rings is 1. The lowest BCUT2D eigenvalue weighted by Gasteiger charge is -2.32. The molecular formula is C22H27N5O4. The van der Waals surface area contributed by atoms with Crippen molar-refractivity contribution in [2.75, 3.05) is 50.8 Å². The zero-order chi connectivity index (χ0) is 21.4. The molecular weight excluding hydrogens is 398 g/mol. The number of anilines is 1. The molecule has 9 heteroatoms. The van der Waals surface area contributed by atoms with E-state index in [4.69, 9.17) is 14.5 Å². The van der Waals surface area contributed by atoms with E-state index < -0.39 is 12.2 Å². The maximum atomic E-state index is 12.5. The number of cyclic esters (lactones) is 1. The van der Waals surface area contributed by atoms with E-state index in [0.29, 0.717) is 24.6 Å². The molecule has 4 aliphatic rings. The highest BCUT2D eigenvalue weighted by Crippen LogP contribution is 2.40. The Kier molecular flexibility index (Phi) is 5.27. The minimum atomic E-state index is -0.428. The molecule has 2 N–H and O–H groups in total. The summed E-state index contributed by atoms with van der Waals surface area (Å²) in [6, 6.07) is 5.65. The number of rotatable bonds is 3. The van der Waals surface area contributed by atoms with Gasteiger partial charge in [-0.1, -0.05) is 12.1 Å². The zero-order valence-electron chi connectivity index (χ0n) is 17.6. The van der Waals surface area contributed by atoms with Gasteiger partial charge in [0.25, 0.3) is 0 Å². The second-order valence-electron chi connectivity index (χ2n) is 8.19. The molecule has 0 bridgehead atoms. The lowest BCUT2D eigenvalue weighted by molar-refractivity contribution is -0.119. The average molecular weight is 425 g/mol. The monoisotopic (exact) mass is 425 g/mol. The molecule has 2 fully saturated rings. The van der Waals surface area contributed by atoms with Crippen molar-refractivity contribution in [3.05, 3.63) is 29.8 Å². The largest absolute Gasteiger partial charge is 0.489 e. The van der Waals surface area contributed by atoms with Crippen molar-refractivity contribution in [2.24, 2.45) is 4.99 Å². The first-order valence-electron chi connectivity index (χ1n) is 10.8. The van der Waals surface area contributed by atoms with E-state index in [1.54, 1.807) is 4.90 Å². The number of aliphatic imine (C=N–C) groups is 1. The summed E-state index contributed by atoms with van der Waals surface area (Å²) in [5, 5.41) is 6.09. The summed E-state index contributed by atoms with van der Waals surface area (Å²) in [5.74, 6) is 1.68. The van der Waals surface area contributed by atoms with Crippen LogP contribution in [0.15, 0.2) is 29.3 Å². The average Bonchev–Trinajstić information content (AvgIpc) is 3.14. The maximum absolute atomic E-state index is 12.5. The smallest absolute Gasteiger partial charge is 0.415 e. The van der Waals surface area contributed by atoms with Crippen LogP contribution in [0, 0.1) is 0 Å². The first kappa shape index (κ1) is 19.9. The number of carbonyl (C=O) groups is 2. The molecule has 4 heterocycles. The summed E-state index contributed by atoms with van der Waals surface area (Å²) in [6.45, 7) is 6.71. The summed E-state index contributed by atoms with van der Waals surface area (Å²) < 4.78 is 11.5. The normalized spacial score (nSPS) is 25.0. The van der Waals surface area contributed by atoms with E-state index in [9.17, 15) is 9.59 Å². The summed E-state index contributed by atoms with van der Waals surface area (Å²) in [7, 11) is 0. The van der Waals surface area contributed by atoms with Crippen LogP contribution in [-0.2, 0) is 9.53 Å². The van der Waals surface area contributed by atoms with Gasteiger partial charge in [0.05, 0.1) is 18.8 Å². The quantitative estimate of drug-likeness (QED) is 0.750. The topological polar surface area (TPSA) is 95.5 Å². The van der Waals surface area contributed by atoms with Crippen molar-refractivity contribution < 1.29 is 19.1 Å². The molecule has 0 aliphatic carbocycles. The highest BCUT2D eigenvalue weighted by atomic mass is 16.6. The second kappa shape index (κ2) is 8.22. The number of nitrogens with one attached hydrogen (secondary N) is 2. The Hall–Kier alpha value is -3.07. The second-order valence-corrected chi connectivity index (χ2v) is 8.19. The fourth-order valence-corrected chi connectivity index (χ4v) is 4.53. The Morgan fingerprint density at radius 2 is 2.16 bits per heavy atom. The Balaban J connectivity index is 1.30. The van der Waals surface area contributed by atoms with Crippen molar-refractivity contribution in [1.82, 2.24) is 15.5 Å². The number of nitrogens with zero attached hydrogens (tertiary/aromatic N) is 3. The molecule has 2 saturated heterocycles. The molecule has 2 unspecified atom stereocenters. The number of ether oxygens (including phenoxy) is 2. The molecule has 2 amide bonds. The Morgan fingerprint density at radius 1 is 1.32 bits per heavy atom. The van der Waals surface area contributed by atoms with Crippen LogP contribution in [0.2, 0.25) is 0 Å². The SMILES string of the molecule is CC(=O)NCC1OC(=O)N2c3ccc(C4=CCC(N5CCNCC5)=NC4)cc3OCC12. The van der Waals surface area contributed by atoms with Crippen LogP contribution < -0.4 is 20.3 Å². The predicted molar refractivity (Wildman–Crippen MR) is 116 cm³/mol. The Labute approximate surface area is 181 Å². The van der Waals surface area contributed by atoms with Gasteiger partial charge in [0.15, 0.2) is 0 Å². The van der Waals surface area contributed by atoms with E-state index in [2.05, 4.69) is 21.6 Å². The lowest BCUT2D eigenvalue weighted by Crippen LogP contribution is -2.47. The summed E-state index contributed by atoms with van der Waals surface area (Å²) >= 11 is 0. The molecule has 31 heavy (non-hydrogen) atoms. The van der Waals surface area contributed by atoms with Crippen molar-refractivity contribution >= 4 is 29.1 Å². The van der Waals surface area contributed by atoms with Gasteiger partial charge < -0.3 is 25.0 Å². The van der Waals surface area contributed by atoms with Crippen LogP contribution in [-0.4, -0.2) is 80.8 Å². The summed E-state index contributed by atoms with van der Waals surface area (Å²) in [5.41, 5.74) is 2.93. The van der Waals surface area contributed by atoms with Gasteiger partial charge in [-0.05, 0) is 23.3 Å². The van der Waals surface area contributed by atoms with E-state index in [-0.39, 0.29) is 18.5 Å². The number of carbonyl (C=O) groups excluding carboxylic acids is 2. The molecule has 1 aromatic carbocycles. The Morgan fingerprint density at radius 3 is 2.90 bits per heavy atom. The van der Waals surface area contributed by atoms with Crippen molar-refractivity contribution in [3.63, 3.8) is 0 Å². The first-order chi connectivity index (χ1) is 15.1. The molecule has 0 aromatic heterocycles. The van der Waals surface area contributed by atoms with Gasteiger partial charge in [-0.25, -0.2) is 4.79 Å². The molecule has 9 nitrogen and oxygen atoms in total. The number of amidine groups is 1. The number of hydrogen-bond acceptors (Lipinski definition) is 7. The van der Waals surface area contributed by atoms with Crippen LogP contribution in [0.3, 0.4) is 0 Å². The van der Waals surface area contributed by atoms with Gasteiger partial charge in [0.2, 0.25) is 5.91 Å². The van der Waals surface area contributed by atoms with Crippen LogP contribution in [0.4, 0.5) is 10.5 Å². The lowest BCUT2D eigenvalue weighted by atomic mass is 10.00. The number of fused-ring (bicyclic) bond motifs is 3. The molecule has 0 spiro atoms. The van der Waals surface area contributed by atoms with E-state index in [1.165, 1.54) is 12.5 Å². The Bertz CT molecular complexity index is 953. The van der Waals surface area contributed by atoms with Gasteiger partial charge in [-0.2, -0.15) is 0 Å². The fourth-order valence-electron chi connectivity index (χ4n) is 4.53. The van der Waals surface area contributed by atoms with Gasteiger partial charge in [-0.3, -0.25) is 14.7 Å². The number of dihydropyridines is 1. The van der Waals surface area contributed by atoms with Crippen molar-refractivity contribution in [3.8, 4) is 5.75 Å². The number of amides is 2. The van der Waals surface area contributed by atoms with E-state index in [0.717, 1.165) is 44.0 Å². The third kappa shape index (κ3) is 3.85. The molecule has 164 valence electrons. The molecule has 5 rings (SSSR count). The number of benzene rings is 1. The van der Waals surface area contributed by atoms with Crippen LogP contribution in [0.25, 0.3) is 5.57 Å². The minimum Gasteiger partial charge on any atom is -0.489 e. The summed E-state index contributed by atoms with van der Waals surface area (Å²) in [4.78, 5) is 32.5. The molecule has 2 atom stereocenters. The van der Waals surface area contributed by atoms with Gasteiger partial charge >= 0.3 is 6.09 Å². The van der Waals surface area contributed by atoms with Crippen LogP contribution in [0.1, 0.15) is 18.9 Å². The van der Waals surface area contributed by atoms with Crippen molar-refractivity contribution in [2.45, 2.75) is 25.5 Å². The molecule has 1 aromatic rings. The third-order valence-corrected chi connectivity index (χ3v) is 6.21. The van der Waals surface area contributed by atoms with Crippen molar-refractivity contribution in [1.29, 1.82) is 0 Å². The fraction of sp³-hybridized carbons (Fsp3) is 0.500. The molecule has 0 radical (unpaired) electrons. The predicted octanol–water partition coefficient (Wildman–Crippen LogP) is 1.000. The van der Waals surface area contributed by atoms with E-state index >= 15 is 0 Å². The highest BCUT2D eigenvalue weighted by Gasteiger charge is 2.46. The molecule has 4 aliphatic heterocycles. The van der Waals surface area contributed by atoms with Gasteiger partial charge in [0.1, 0.15) is 30.3 Å². The van der Waals surface area contributed by atoms with E-state index in [1.807, 2.05) is 18.2 Å². The number of hydrogen-bond donors (Lipinski definition) is 2. The standard InChI is InChI=1S/C22H27N5O4/c1-14(28)24-12-20-18-13-30-19-10-15(2-4-17(19)27(18)22(29)31-20)16-3-5-21(25-11-16)26-8-6-23-7-9-26/h2-4,10,18,20,23H,5-9,11-13H2,1H3,(H,24,28). The minimum absolute atomic E-state index is 0.153. The van der Waals surface area contributed by atoms with Gasteiger partial charge in [-0.15, -0.1) is 0 Å². The first-order valence-corrected chi connectivity index (χ1v) is 10.8. The third-order valence-electron chi connectivity index (χ3n) is 6.21.